The topological polar surface area (TPSA) is 62.7 Å². The van der Waals surface area contributed by atoms with Gasteiger partial charge in [-0.3, -0.25) is 0 Å². The fourth-order valence-electron chi connectivity index (χ4n) is 1.07. The van der Waals surface area contributed by atoms with Gasteiger partial charge < -0.3 is 10.6 Å². The standard InChI is InChI=1S/C9H13ClF3N5S/c1-2-3-14-7-16-6(10)17-8(18-7)15-4-5-19-9(11,12)13/h2-5H2,1H3,(H2,14,15,16,17,18). The summed E-state index contributed by atoms with van der Waals surface area (Å²) in [6, 6.07) is 0. The molecule has 0 amide bonds. The minimum atomic E-state index is -4.23. The van der Waals surface area contributed by atoms with Crippen LogP contribution in [0.5, 0.6) is 0 Å². The molecule has 1 heterocycles. The lowest BCUT2D eigenvalue weighted by molar-refractivity contribution is -0.0327. The van der Waals surface area contributed by atoms with Crippen molar-refractivity contribution in [3.05, 3.63) is 5.28 Å². The first kappa shape index (κ1) is 16.1. The van der Waals surface area contributed by atoms with Crippen LogP contribution in [0.1, 0.15) is 13.3 Å². The summed E-state index contributed by atoms with van der Waals surface area (Å²) in [5.74, 6) is 0.319. The van der Waals surface area contributed by atoms with E-state index in [9.17, 15) is 13.2 Å². The summed E-state index contributed by atoms with van der Waals surface area (Å²) >= 11 is 5.58. The Kier molecular flexibility index (Phi) is 6.43. The molecule has 0 aliphatic heterocycles. The molecule has 1 aromatic rings. The van der Waals surface area contributed by atoms with Crippen molar-refractivity contribution in [1.82, 2.24) is 15.0 Å². The number of anilines is 2. The molecule has 0 aliphatic carbocycles. The van der Waals surface area contributed by atoms with Crippen LogP contribution in [0.15, 0.2) is 0 Å². The first-order chi connectivity index (χ1) is 8.90. The van der Waals surface area contributed by atoms with Crippen LogP contribution in [0.3, 0.4) is 0 Å². The molecular formula is C9H13ClF3N5S. The summed E-state index contributed by atoms with van der Waals surface area (Å²) in [6.45, 7) is 2.73. The molecule has 0 aromatic carbocycles. The van der Waals surface area contributed by atoms with Gasteiger partial charge in [0.25, 0.3) is 0 Å². The van der Waals surface area contributed by atoms with E-state index >= 15 is 0 Å². The van der Waals surface area contributed by atoms with Gasteiger partial charge in [-0.15, -0.1) is 0 Å². The third kappa shape index (κ3) is 7.26. The van der Waals surface area contributed by atoms with Gasteiger partial charge >= 0.3 is 5.51 Å². The van der Waals surface area contributed by atoms with Crippen molar-refractivity contribution in [2.45, 2.75) is 18.9 Å². The van der Waals surface area contributed by atoms with Gasteiger partial charge in [-0.05, 0) is 29.8 Å². The van der Waals surface area contributed by atoms with Crippen LogP contribution in [0, 0.1) is 0 Å². The van der Waals surface area contributed by atoms with Gasteiger partial charge in [-0.25, -0.2) is 0 Å². The first-order valence-corrected chi connectivity index (χ1v) is 6.87. The molecule has 5 nitrogen and oxygen atoms in total. The maximum Gasteiger partial charge on any atom is 0.441 e. The van der Waals surface area contributed by atoms with Crippen molar-refractivity contribution in [2.75, 3.05) is 29.5 Å². The fraction of sp³-hybridized carbons (Fsp3) is 0.667. The second-order valence-corrected chi connectivity index (χ2v) is 4.90. The number of nitrogens with one attached hydrogen (secondary N) is 2. The first-order valence-electron chi connectivity index (χ1n) is 5.50. The number of nitrogens with zero attached hydrogens (tertiary/aromatic N) is 3. The number of hydrogen-bond donors (Lipinski definition) is 2. The van der Waals surface area contributed by atoms with Gasteiger partial charge in [-0.1, -0.05) is 6.92 Å². The van der Waals surface area contributed by atoms with E-state index in [1.54, 1.807) is 0 Å². The molecule has 108 valence electrons. The lowest BCUT2D eigenvalue weighted by Gasteiger charge is -2.08. The second-order valence-electron chi connectivity index (χ2n) is 3.40. The third-order valence-corrected chi connectivity index (χ3v) is 2.70. The number of rotatable bonds is 7. The average molecular weight is 316 g/mol. The Balaban J connectivity index is 2.46. The zero-order valence-electron chi connectivity index (χ0n) is 10.1. The maximum atomic E-state index is 11.9. The highest BCUT2D eigenvalue weighted by Gasteiger charge is 2.27. The van der Waals surface area contributed by atoms with Crippen LogP contribution < -0.4 is 10.6 Å². The molecule has 0 atom stereocenters. The van der Waals surface area contributed by atoms with Crippen LogP contribution >= 0.6 is 23.4 Å². The predicted molar refractivity (Wildman–Crippen MR) is 70.6 cm³/mol. The van der Waals surface area contributed by atoms with Gasteiger partial charge in [0, 0.05) is 18.8 Å². The molecular weight excluding hydrogens is 303 g/mol. The van der Waals surface area contributed by atoms with E-state index < -0.39 is 5.51 Å². The largest absolute Gasteiger partial charge is 0.441 e. The van der Waals surface area contributed by atoms with Crippen LogP contribution in [-0.4, -0.2) is 39.3 Å². The Hall–Kier alpha value is -0.960. The van der Waals surface area contributed by atoms with E-state index in [0.29, 0.717) is 12.5 Å². The quantitative estimate of drug-likeness (QED) is 0.754. The molecule has 0 spiro atoms. The lowest BCUT2D eigenvalue weighted by Crippen LogP contribution is -2.13. The molecule has 0 saturated carbocycles. The van der Waals surface area contributed by atoms with Crippen LogP contribution in [0.25, 0.3) is 0 Å². The summed E-state index contributed by atoms with van der Waals surface area (Å²) in [6.07, 6.45) is 0.883. The average Bonchev–Trinajstić information content (AvgIpc) is 2.30. The van der Waals surface area contributed by atoms with Crippen molar-refractivity contribution < 1.29 is 13.2 Å². The zero-order valence-corrected chi connectivity index (χ0v) is 11.7. The van der Waals surface area contributed by atoms with E-state index in [0.717, 1.165) is 6.42 Å². The predicted octanol–water partition coefficient (Wildman–Crippen LogP) is 3.01. The Labute approximate surface area is 117 Å². The molecule has 0 fully saturated rings. The van der Waals surface area contributed by atoms with E-state index in [4.69, 9.17) is 11.6 Å². The SMILES string of the molecule is CCCNc1nc(Cl)nc(NCCSC(F)(F)F)n1. The van der Waals surface area contributed by atoms with Crippen molar-refractivity contribution in [1.29, 1.82) is 0 Å². The highest BCUT2D eigenvalue weighted by molar-refractivity contribution is 8.00. The van der Waals surface area contributed by atoms with Gasteiger partial charge in [0.05, 0.1) is 0 Å². The smallest absolute Gasteiger partial charge is 0.354 e. The van der Waals surface area contributed by atoms with Crippen molar-refractivity contribution in [3.63, 3.8) is 0 Å². The molecule has 1 aromatic heterocycles. The van der Waals surface area contributed by atoms with E-state index in [1.807, 2.05) is 6.92 Å². The summed E-state index contributed by atoms with van der Waals surface area (Å²) in [4.78, 5) is 11.6. The fourth-order valence-corrected chi connectivity index (χ4v) is 1.67. The number of halogens is 4. The minimum Gasteiger partial charge on any atom is -0.354 e. The van der Waals surface area contributed by atoms with Crippen LogP contribution in [0.2, 0.25) is 5.28 Å². The zero-order chi connectivity index (χ0) is 14.3. The van der Waals surface area contributed by atoms with Crippen molar-refractivity contribution in [2.24, 2.45) is 0 Å². The Morgan fingerprint density at radius 3 is 2.21 bits per heavy atom. The molecule has 19 heavy (non-hydrogen) atoms. The molecule has 10 heteroatoms. The van der Waals surface area contributed by atoms with E-state index in [1.165, 1.54) is 0 Å². The molecule has 0 bridgehead atoms. The van der Waals surface area contributed by atoms with Gasteiger partial charge in [0.2, 0.25) is 17.2 Å². The molecule has 0 radical (unpaired) electrons. The van der Waals surface area contributed by atoms with E-state index in [-0.39, 0.29) is 35.3 Å². The Bertz CT molecular complexity index is 404. The van der Waals surface area contributed by atoms with Gasteiger partial charge in [0.1, 0.15) is 0 Å². The molecule has 0 unspecified atom stereocenters. The molecule has 0 aliphatic rings. The van der Waals surface area contributed by atoms with Crippen molar-refractivity contribution in [3.8, 4) is 0 Å². The second kappa shape index (κ2) is 7.59. The van der Waals surface area contributed by atoms with Gasteiger partial charge in [0.15, 0.2) is 0 Å². The lowest BCUT2D eigenvalue weighted by atomic mass is 10.5. The highest BCUT2D eigenvalue weighted by Crippen LogP contribution is 2.29. The van der Waals surface area contributed by atoms with Crippen molar-refractivity contribution >= 4 is 35.3 Å². The van der Waals surface area contributed by atoms with Crippen LogP contribution in [0.4, 0.5) is 25.1 Å². The number of aromatic nitrogens is 3. The number of alkyl halides is 3. The normalized spacial score (nSPS) is 11.4. The third-order valence-electron chi connectivity index (χ3n) is 1.79. The minimum absolute atomic E-state index is 0.0143. The monoisotopic (exact) mass is 315 g/mol. The van der Waals surface area contributed by atoms with E-state index in [2.05, 4.69) is 25.6 Å². The Morgan fingerprint density at radius 1 is 1.11 bits per heavy atom. The number of thioether (sulfide) groups is 1. The molecule has 1 rings (SSSR count). The van der Waals surface area contributed by atoms with Gasteiger partial charge in [-0.2, -0.15) is 28.1 Å². The molecule has 2 N–H and O–H groups in total. The summed E-state index contributed by atoms with van der Waals surface area (Å²) < 4.78 is 35.7. The summed E-state index contributed by atoms with van der Waals surface area (Å²) in [7, 11) is 0. The maximum absolute atomic E-state index is 11.9. The summed E-state index contributed by atoms with van der Waals surface area (Å²) in [5.41, 5.74) is -4.23. The molecule has 0 saturated heterocycles. The number of hydrogen-bond acceptors (Lipinski definition) is 6. The highest BCUT2D eigenvalue weighted by atomic mass is 35.5. The van der Waals surface area contributed by atoms with Crippen LogP contribution in [-0.2, 0) is 0 Å². The summed E-state index contributed by atoms with van der Waals surface area (Å²) in [5, 5.41) is 5.57. The Morgan fingerprint density at radius 2 is 1.68 bits per heavy atom.